The van der Waals surface area contributed by atoms with E-state index in [1.165, 1.54) is 29.0 Å². The van der Waals surface area contributed by atoms with E-state index in [1.54, 1.807) is 30.5 Å². The molecule has 3 aromatic carbocycles. The van der Waals surface area contributed by atoms with E-state index in [9.17, 15) is 40.2 Å². The number of aliphatic hydroxyl groups is 4. The Morgan fingerprint density at radius 2 is 1.61 bits per heavy atom. The lowest BCUT2D eigenvalue weighted by Gasteiger charge is -2.39. The maximum Gasteiger partial charge on any atom is 0.276 e. The van der Waals surface area contributed by atoms with Gasteiger partial charge < -0.3 is 50.2 Å². The van der Waals surface area contributed by atoms with Crippen LogP contribution in [0.1, 0.15) is 26.4 Å². The number of hydrogen-bond donors (Lipinski definition) is 9. The molecule has 0 unspecified atom stereocenters. The number of fused-ring (bicyclic) bond motifs is 10. The number of aliphatic hydroxyl groups excluding tert-OH is 4. The third-order valence-electron chi connectivity index (χ3n) is 8.66. The Balaban J connectivity index is 1.42. The van der Waals surface area contributed by atoms with Crippen molar-refractivity contribution in [3.8, 4) is 11.5 Å². The lowest BCUT2D eigenvalue weighted by molar-refractivity contribution is -0.298. The average Bonchev–Trinajstić information content (AvgIpc) is 3.80. The minimum atomic E-state index is -1.77. The molecule has 0 bridgehead atoms. The number of phenols is 2. The molecule has 8 rings (SSSR count). The van der Waals surface area contributed by atoms with E-state index in [0.717, 1.165) is 10.7 Å². The van der Waals surface area contributed by atoms with Crippen molar-refractivity contribution in [1.82, 2.24) is 25.1 Å². The minimum Gasteiger partial charge on any atom is -0.508 e. The van der Waals surface area contributed by atoms with Gasteiger partial charge in [-0.25, -0.2) is 10.4 Å². The second kappa shape index (κ2) is 10.2. The van der Waals surface area contributed by atoms with Crippen molar-refractivity contribution in [2.24, 2.45) is 0 Å². The van der Waals surface area contributed by atoms with E-state index in [-0.39, 0.29) is 45.6 Å². The van der Waals surface area contributed by atoms with E-state index in [1.807, 2.05) is 0 Å². The molecule has 2 aliphatic heterocycles. The van der Waals surface area contributed by atoms with Crippen LogP contribution < -0.4 is 10.3 Å². The summed E-state index contributed by atoms with van der Waals surface area (Å²) >= 11 is 0. The van der Waals surface area contributed by atoms with Gasteiger partial charge in [-0.05, 0) is 36.4 Å². The lowest BCUT2D eigenvalue weighted by Crippen LogP contribution is -2.61. The van der Waals surface area contributed by atoms with Gasteiger partial charge in [-0.15, -0.1) is 0 Å². The number of amides is 2. The molecular weight excluding hydrogens is 602 g/mol. The highest BCUT2D eigenvalue weighted by atomic mass is 16.8. The monoisotopic (exact) mass is 629 g/mol. The molecule has 15 heteroatoms. The highest BCUT2D eigenvalue weighted by Gasteiger charge is 2.46. The molecule has 2 aliphatic rings. The summed E-state index contributed by atoms with van der Waals surface area (Å²) in [5.74, 6) is -1.47. The number of benzene rings is 3. The van der Waals surface area contributed by atoms with Crippen LogP contribution in [0, 0.1) is 0 Å². The van der Waals surface area contributed by atoms with Gasteiger partial charge in [0.25, 0.3) is 18.1 Å². The molecule has 5 atom stereocenters. The Labute approximate surface area is 257 Å². The fourth-order valence-electron chi connectivity index (χ4n) is 6.50. The first-order chi connectivity index (χ1) is 22.2. The van der Waals surface area contributed by atoms with Gasteiger partial charge in [0.1, 0.15) is 41.4 Å². The zero-order chi connectivity index (χ0) is 32.0. The number of carbonyl (C=O) groups is 2. The second-order valence-corrected chi connectivity index (χ2v) is 11.4. The van der Waals surface area contributed by atoms with E-state index >= 15 is 0 Å². The highest BCUT2D eigenvalue weighted by Crippen LogP contribution is 2.45. The number of phenolic OH excluding ortho intramolecular Hbond substituents is 2. The summed E-state index contributed by atoms with van der Waals surface area (Å²) in [6.07, 6.45) is -6.34. The predicted octanol–water partition coefficient (Wildman–Crippen LogP) is 0.698. The van der Waals surface area contributed by atoms with Gasteiger partial charge in [-0.2, -0.15) is 4.73 Å². The Hall–Kier alpha value is -5.16. The van der Waals surface area contributed by atoms with Gasteiger partial charge in [0, 0.05) is 45.6 Å². The molecule has 15 nitrogen and oxygen atoms in total. The normalized spacial score (nSPS) is 23.4. The van der Waals surface area contributed by atoms with Crippen LogP contribution in [0.15, 0.2) is 54.7 Å². The molecule has 0 radical (unpaired) electrons. The largest absolute Gasteiger partial charge is 0.508 e. The summed E-state index contributed by atoms with van der Waals surface area (Å²) in [7, 11) is 0. The maximum absolute atomic E-state index is 14.2. The number of rotatable bonds is 6. The molecule has 1 fully saturated rings. The van der Waals surface area contributed by atoms with Gasteiger partial charge in [-0.1, -0.05) is 0 Å². The van der Waals surface area contributed by atoms with Gasteiger partial charge in [0.15, 0.2) is 0 Å². The summed E-state index contributed by atoms with van der Waals surface area (Å²) in [5.41, 5.74) is 4.98. The number of carbonyl (C=O) groups excluding carboxylic acids is 2. The Morgan fingerprint density at radius 1 is 0.891 bits per heavy atom. The molecule has 236 valence electrons. The van der Waals surface area contributed by atoms with E-state index < -0.39 is 49.1 Å². The first kappa shape index (κ1) is 28.3. The molecule has 46 heavy (non-hydrogen) atoms. The molecule has 0 saturated carbocycles. The summed E-state index contributed by atoms with van der Waals surface area (Å²) < 4.78 is 6.84. The SMILES string of the molecule is O=C1c2c(c3c4ccc(O)cc4n(O[C@@H]4O[C@H](CO)[C@@H](O)[C@H](O)[C@H]4O)c3c3[nH]c4cc(O)ccc4c23)C(=O)N1NCc1ccc[nH]1. The van der Waals surface area contributed by atoms with Crippen molar-refractivity contribution in [2.75, 3.05) is 6.61 Å². The number of hydrazine groups is 1. The van der Waals surface area contributed by atoms with Crippen LogP contribution in [0.3, 0.4) is 0 Å². The molecular formula is C31H27N5O10. The average molecular weight is 630 g/mol. The van der Waals surface area contributed by atoms with Crippen molar-refractivity contribution in [3.63, 3.8) is 0 Å². The Bertz CT molecular complexity index is 2200. The highest BCUT2D eigenvalue weighted by molar-refractivity contribution is 6.39. The number of aromatic hydroxyl groups is 2. The van der Waals surface area contributed by atoms with Crippen LogP contribution in [-0.4, -0.2) is 99.5 Å². The van der Waals surface area contributed by atoms with Gasteiger partial charge in [-0.3, -0.25) is 9.59 Å². The number of imide groups is 1. The molecule has 3 aromatic heterocycles. The van der Waals surface area contributed by atoms with E-state index in [4.69, 9.17) is 9.57 Å². The molecule has 6 aromatic rings. The zero-order valence-corrected chi connectivity index (χ0v) is 23.7. The minimum absolute atomic E-state index is 0.0484. The lowest BCUT2D eigenvalue weighted by atomic mass is 9.96. The molecule has 0 aliphatic carbocycles. The summed E-state index contributed by atoms with van der Waals surface area (Å²) in [6.45, 7) is -0.549. The number of ether oxygens (including phenoxy) is 1. The van der Waals surface area contributed by atoms with Crippen LogP contribution in [0.25, 0.3) is 43.6 Å². The number of aromatic nitrogens is 3. The van der Waals surface area contributed by atoms with Crippen LogP contribution in [-0.2, 0) is 11.3 Å². The standard InChI is InChI=1S/C31H27N5O10/c37-11-19-26(40)27(41)28(42)31(45-19)46-36-18-9-14(39)4-6-16(18)21-23-22(29(43)35(30(23)44)33-10-12-2-1-7-32-12)20-15-5-3-13(38)8-17(15)34-24(20)25(21)36/h1-9,19,26-28,31-34,37-42H,10-11H2/t19-,26-,27+,28-,31+/m1/s1. The van der Waals surface area contributed by atoms with E-state index in [0.29, 0.717) is 27.2 Å². The topological polar surface area (TPSA) is 226 Å². The predicted molar refractivity (Wildman–Crippen MR) is 161 cm³/mol. The molecule has 2 amide bonds. The summed E-state index contributed by atoms with van der Waals surface area (Å²) in [4.78, 5) is 40.7. The number of hydrogen-bond acceptors (Lipinski definition) is 11. The molecule has 0 spiro atoms. The van der Waals surface area contributed by atoms with Gasteiger partial charge in [0.2, 0.25) is 0 Å². The van der Waals surface area contributed by atoms with Crippen LogP contribution in [0.5, 0.6) is 11.5 Å². The van der Waals surface area contributed by atoms with Crippen molar-refractivity contribution in [2.45, 2.75) is 37.3 Å². The van der Waals surface area contributed by atoms with Crippen LogP contribution >= 0.6 is 0 Å². The van der Waals surface area contributed by atoms with Crippen LogP contribution in [0.2, 0.25) is 0 Å². The zero-order valence-electron chi connectivity index (χ0n) is 23.7. The van der Waals surface area contributed by atoms with Crippen molar-refractivity contribution in [1.29, 1.82) is 0 Å². The van der Waals surface area contributed by atoms with Crippen molar-refractivity contribution >= 4 is 55.4 Å². The molecule has 5 heterocycles. The first-order valence-corrected chi connectivity index (χ1v) is 14.4. The van der Waals surface area contributed by atoms with Crippen LogP contribution in [0.4, 0.5) is 0 Å². The first-order valence-electron chi connectivity index (χ1n) is 14.4. The Morgan fingerprint density at radius 3 is 2.33 bits per heavy atom. The fourth-order valence-corrected chi connectivity index (χ4v) is 6.50. The Kier molecular flexibility index (Phi) is 6.27. The molecule has 9 N–H and O–H groups in total. The number of aromatic amines is 2. The van der Waals surface area contributed by atoms with Gasteiger partial charge >= 0.3 is 0 Å². The van der Waals surface area contributed by atoms with Gasteiger partial charge in [0.05, 0.1) is 40.8 Å². The quantitative estimate of drug-likeness (QED) is 0.117. The summed E-state index contributed by atoms with van der Waals surface area (Å²) in [6, 6.07) is 12.4. The number of H-pyrrole nitrogens is 2. The number of nitrogens with one attached hydrogen (secondary N) is 3. The van der Waals surface area contributed by atoms with E-state index in [2.05, 4.69) is 15.4 Å². The second-order valence-electron chi connectivity index (χ2n) is 11.4. The smallest absolute Gasteiger partial charge is 0.276 e. The summed E-state index contributed by atoms with van der Waals surface area (Å²) in [5, 5.41) is 64.6. The number of nitrogens with zero attached hydrogens (tertiary/aromatic N) is 2. The molecule has 1 saturated heterocycles. The maximum atomic E-state index is 14.2. The van der Waals surface area contributed by atoms with Crippen molar-refractivity contribution < 1.29 is 49.8 Å². The fraction of sp³-hybridized carbons (Fsp3) is 0.226. The van der Waals surface area contributed by atoms with Crippen molar-refractivity contribution in [3.05, 3.63) is 71.5 Å². The third-order valence-corrected chi connectivity index (χ3v) is 8.66. The third kappa shape index (κ3) is 3.94.